The van der Waals surface area contributed by atoms with Gasteiger partial charge >= 0.3 is 17.9 Å². The standard InChI is InChI=1S/C31H46O9/c1-9-26(32)38-29(5,6)24-13-11-23(36-24)18-31(8,40-28(34)20(3)4)25-14-12-22(37-25)17-30(7,39-27(33)10-2)21-15-16-35-19-21/h9-10,21-25H,1-3,11-19H2,4-8H3. The average Bonchev–Trinajstić information content (AvgIpc) is 3.66. The normalized spacial score (nSPS) is 29.6. The molecule has 3 heterocycles. The van der Waals surface area contributed by atoms with Crippen LogP contribution in [0.5, 0.6) is 0 Å². The Morgan fingerprint density at radius 3 is 1.90 bits per heavy atom. The van der Waals surface area contributed by atoms with Gasteiger partial charge in [-0.3, -0.25) is 0 Å². The molecule has 9 heteroatoms. The van der Waals surface area contributed by atoms with Crippen molar-refractivity contribution in [3.05, 3.63) is 37.5 Å². The van der Waals surface area contributed by atoms with Gasteiger partial charge in [-0.1, -0.05) is 19.7 Å². The summed E-state index contributed by atoms with van der Waals surface area (Å²) in [4.78, 5) is 36.8. The monoisotopic (exact) mass is 562 g/mol. The average molecular weight is 563 g/mol. The second-order valence-electron chi connectivity index (χ2n) is 12.3. The summed E-state index contributed by atoms with van der Waals surface area (Å²) in [5.74, 6) is -1.41. The van der Waals surface area contributed by atoms with E-state index in [2.05, 4.69) is 19.7 Å². The quantitative estimate of drug-likeness (QED) is 0.178. The molecule has 0 radical (unpaired) electrons. The summed E-state index contributed by atoms with van der Waals surface area (Å²) in [6.07, 6.45) is 5.66. The smallest absolute Gasteiger partial charge is 0.333 e. The van der Waals surface area contributed by atoms with Crippen molar-refractivity contribution < 1.29 is 42.8 Å². The molecule has 0 amide bonds. The van der Waals surface area contributed by atoms with E-state index in [1.54, 1.807) is 6.92 Å². The van der Waals surface area contributed by atoms with E-state index in [1.807, 2.05) is 27.7 Å². The lowest BCUT2D eigenvalue weighted by atomic mass is 9.83. The highest BCUT2D eigenvalue weighted by atomic mass is 16.6. The Balaban J connectivity index is 1.73. The maximum absolute atomic E-state index is 12.7. The minimum atomic E-state index is -0.989. The molecule has 224 valence electrons. The summed E-state index contributed by atoms with van der Waals surface area (Å²) in [6, 6.07) is 0. The molecule has 0 bridgehead atoms. The molecule has 0 aliphatic carbocycles. The molecule has 40 heavy (non-hydrogen) atoms. The lowest BCUT2D eigenvalue weighted by molar-refractivity contribution is -0.187. The first-order valence-corrected chi connectivity index (χ1v) is 14.2. The molecule has 3 saturated heterocycles. The zero-order valence-electron chi connectivity index (χ0n) is 24.7. The second kappa shape index (κ2) is 13.0. The summed E-state index contributed by atoms with van der Waals surface area (Å²) in [5.41, 5.74) is -2.30. The highest BCUT2D eigenvalue weighted by molar-refractivity contribution is 5.87. The summed E-state index contributed by atoms with van der Waals surface area (Å²) in [7, 11) is 0. The van der Waals surface area contributed by atoms with Crippen LogP contribution >= 0.6 is 0 Å². The lowest BCUT2D eigenvalue weighted by Gasteiger charge is -2.39. The zero-order valence-corrected chi connectivity index (χ0v) is 24.7. The number of hydrogen-bond donors (Lipinski definition) is 0. The third kappa shape index (κ3) is 7.83. The minimum absolute atomic E-state index is 0.0500. The van der Waals surface area contributed by atoms with Crippen LogP contribution in [0.2, 0.25) is 0 Å². The second-order valence-corrected chi connectivity index (χ2v) is 12.3. The molecular formula is C31H46O9. The molecule has 0 saturated carbocycles. The van der Waals surface area contributed by atoms with Crippen molar-refractivity contribution in [2.75, 3.05) is 13.2 Å². The third-order valence-electron chi connectivity index (χ3n) is 8.44. The number of ether oxygens (including phenoxy) is 6. The van der Waals surface area contributed by atoms with Gasteiger partial charge in [-0.15, -0.1) is 0 Å². The molecule has 9 nitrogen and oxygen atoms in total. The van der Waals surface area contributed by atoms with E-state index in [0.29, 0.717) is 50.9 Å². The van der Waals surface area contributed by atoms with E-state index in [9.17, 15) is 14.4 Å². The molecule has 0 aromatic rings. The molecule has 0 aromatic heterocycles. The van der Waals surface area contributed by atoms with Crippen molar-refractivity contribution in [1.29, 1.82) is 0 Å². The van der Waals surface area contributed by atoms with E-state index in [0.717, 1.165) is 18.9 Å². The largest absolute Gasteiger partial charge is 0.456 e. The molecule has 3 aliphatic rings. The van der Waals surface area contributed by atoms with Gasteiger partial charge in [0.2, 0.25) is 0 Å². The van der Waals surface area contributed by atoms with Gasteiger partial charge < -0.3 is 28.4 Å². The van der Waals surface area contributed by atoms with Crippen LogP contribution in [0.25, 0.3) is 0 Å². The molecule has 7 atom stereocenters. The number of esters is 3. The molecule has 7 unspecified atom stereocenters. The van der Waals surface area contributed by atoms with E-state index >= 15 is 0 Å². The van der Waals surface area contributed by atoms with Crippen LogP contribution in [0.3, 0.4) is 0 Å². The van der Waals surface area contributed by atoms with Crippen LogP contribution in [0.15, 0.2) is 37.5 Å². The maximum Gasteiger partial charge on any atom is 0.333 e. The third-order valence-corrected chi connectivity index (χ3v) is 8.44. The Hall–Kier alpha value is -2.49. The van der Waals surface area contributed by atoms with Crippen molar-refractivity contribution in [3.63, 3.8) is 0 Å². The van der Waals surface area contributed by atoms with Gasteiger partial charge in [0.25, 0.3) is 0 Å². The van der Waals surface area contributed by atoms with Gasteiger partial charge in [0.1, 0.15) is 16.8 Å². The lowest BCUT2D eigenvalue weighted by Crippen LogP contribution is -2.48. The van der Waals surface area contributed by atoms with Crippen molar-refractivity contribution in [2.45, 2.75) is 121 Å². The van der Waals surface area contributed by atoms with Crippen LogP contribution < -0.4 is 0 Å². The van der Waals surface area contributed by atoms with Crippen LogP contribution in [-0.2, 0) is 42.8 Å². The Kier molecular flexibility index (Phi) is 10.4. The van der Waals surface area contributed by atoms with Crippen molar-refractivity contribution in [3.8, 4) is 0 Å². The highest BCUT2D eigenvalue weighted by Crippen LogP contribution is 2.43. The number of hydrogen-bond acceptors (Lipinski definition) is 9. The van der Waals surface area contributed by atoms with Crippen molar-refractivity contribution in [2.24, 2.45) is 5.92 Å². The van der Waals surface area contributed by atoms with Gasteiger partial charge in [0.15, 0.2) is 0 Å². The maximum atomic E-state index is 12.7. The zero-order chi connectivity index (χ0) is 29.7. The van der Waals surface area contributed by atoms with Crippen LogP contribution in [0.4, 0.5) is 0 Å². The fourth-order valence-electron chi connectivity index (χ4n) is 6.06. The SMILES string of the molecule is C=CC(=O)OC(C)(C)C1CCC(CC(C)(OC(=O)C(=C)C)C2CCC(CC(C)(OC(=O)C=C)C3CCOC3)O2)O1. The number of rotatable bonds is 13. The van der Waals surface area contributed by atoms with E-state index < -0.39 is 40.8 Å². The summed E-state index contributed by atoms with van der Waals surface area (Å²) < 4.78 is 35.9. The van der Waals surface area contributed by atoms with E-state index in [-0.39, 0.29) is 24.2 Å². The summed E-state index contributed by atoms with van der Waals surface area (Å²) >= 11 is 0. The first kappa shape index (κ1) is 32.0. The Morgan fingerprint density at radius 1 is 0.800 bits per heavy atom. The molecule has 0 N–H and O–H groups in total. The van der Waals surface area contributed by atoms with Crippen LogP contribution in [-0.4, -0.2) is 72.3 Å². The van der Waals surface area contributed by atoms with Crippen LogP contribution in [0.1, 0.15) is 79.6 Å². The van der Waals surface area contributed by atoms with Gasteiger partial charge in [0.05, 0.1) is 31.0 Å². The Labute approximate surface area is 238 Å². The summed E-state index contributed by atoms with van der Waals surface area (Å²) in [5, 5.41) is 0. The molecule has 3 aliphatic heterocycles. The number of carbonyl (C=O) groups excluding carboxylic acids is 3. The summed E-state index contributed by atoms with van der Waals surface area (Å²) in [6.45, 7) is 21.0. The molecule has 0 aromatic carbocycles. The molecule has 0 spiro atoms. The van der Waals surface area contributed by atoms with Gasteiger partial charge in [-0.25, -0.2) is 14.4 Å². The Morgan fingerprint density at radius 2 is 1.35 bits per heavy atom. The van der Waals surface area contributed by atoms with Gasteiger partial charge in [0, 0.05) is 43.1 Å². The predicted molar refractivity (Wildman–Crippen MR) is 148 cm³/mol. The molecule has 3 fully saturated rings. The van der Waals surface area contributed by atoms with Crippen molar-refractivity contribution >= 4 is 17.9 Å². The van der Waals surface area contributed by atoms with Gasteiger partial charge in [-0.2, -0.15) is 0 Å². The van der Waals surface area contributed by atoms with Gasteiger partial charge in [-0.05, 0) is 66.7 Å². The predicted octanol–water partition coefficient (Wildman–Crippen LogP) is 4.77. The number of carbonyl (C=O) groups is 3. The van der Waals surface area contributed by atoms with Crippen molar-refractivity contribution in [1.82, 2.24) is 0 Å². The van der Waals surface area contributed by atoms with E-state index in [4.69, 9.17) is 28.4 Å². The first-order valence-electron chi connectivity index (χ1n) is 14.2. The topological polar surface area (TPSA) is 107 Å². The van der Waals surface area contributed by atoms with E-state index in [1.165, 1.54) is 6.08 Å². The fraction of sp³-hybridized carbons (Fsp3) is 0.710. The minimum Gasteiger partial charge on any atom is -0.456 e. The Bertz CT molecular complexity index is 981. The first-order chi connectivity index (χ1) is 18.7. The molecule has 3 rings (SSSR count). The van der Waals surface area contributed by atoms with Crippen LogP contribution in [0, 0.1) is 5.92 Å². The molecular weight excluding hydrogens is 516 g/mol. The highest BCUT2D eigenvalue weighted by Gasteiger charge is 2.50. The fourth-order valence-corrected chi connectivity index (χ4v) is 6.06.